The van der Waals surface area contributed by atoms with Gasteiger partial charge in [-0.1, -0.05) is 24.3 Å². The van der Waals surface area contributed by atoms with Gasteiger partial charge in [0, 0.05) is 19.6 Å². The van der Waals surface area contributed by atoms with Crippen LogP contribution >= 0.6 is 0 Å². The van der Waals surface area contributed by atoms with E-state index in [1.54, 1.807) is 48.5 Å². The molecule has 174 valence electrons. The highest BCUT2D eigenvalue weighted by molar-refractivity contribution is 7.93. The molecule has 1 fully saturated rings. The highest BCUT2D eigenvalue weighted by Gasteiger charge is 2.30. The zero-order valence-electron chi connectivity index (χ0n) is 18.6. The van der Waals surface area contributed by atoms with E-state index in [0.717, 1.165) is 49.1 Å². The molecule has 2 aromatic carbocycles. The van der Waals surface area contributed by atoms with Gasteiger partial charge in [-0.2, -0.15) is 0 Å². The lowest BCUT2D eigenvalue weighted by Gasteiger charge is -2.27. The number of rotatable bonds is 10. The summed E-state index contributed by atoms with van der Waals surface area (Å²) in [5.41, 5.74) is 1.20. The maximum Gasteiger partial charge on any atom is 0.268 e. The molecule has 1 heterocycles. The number of nitrogens with zero attached hydrogens (tertiary/aromatic N) is 2. The van der Waals surface area contributed by atoms with E-state index in [1.165, 1.54) is 7.11 Å². The number of benzene rings is 2. The van der Waals surface area contributed by atoms with E-state index in [1.807, 2.05) is 6.92 Å². The van der Waals surface area contributed by atoms with Crippen LogP contribution in [0.15, 0.2) is 53.4 Å². The maximum atomic E-state index is 13.6. The van der Waals surface area contributed by atoms with Gasteiger partial charge in [-0.3, -0.25) is 14.0 Å². The quantitative estimate of drug-likeness (QED) is 0.545. The first-order valence-electron chi connectivity index (χ1n) is 10.7. The third-order valence-corrected chi connectivity index (χ3v) is 7.09. The monoisotopic (exact) mass is 461 g/mol. The molecule has 0 bridgehead atoms. The van der Waals surface area contributed by atoms with Gasteiger partial charge in [0.05, 0.1) is 26.0 Å². The minimum Gasteiger partial charge on any atom is -0.495 e. The highest BCUT2D eigenvalue weighted by Crippen LogP contribution is 2.30. The lowest BCUT2D eigenvalue weighted by molar-refractivity contribution is -0.119. The predicted octanol–water partition coefficient (Wildman–Crippen LogP) is 2.04. The van der Waals surface area contributed by atoms with Gasteiger partial charge in [0.15, 0.2) is 0 Å². The van der Waals surface area contributed by atoms with E-state index in [-0.39, 0.29) is 23.1 Å². The number of carbonyl (C=O) groups is 1. The van der Waals surface area contributed by atoms with Crippen LogP contribution in [0.5, 0.6) is 5.75 Å². The molecule has 32 heavy (non-hydrogen) atoms. The Bertz CT molecular complexity index is 992. The number of carbonyl (C=O) groups excluding carboxylic acids is 1. The van der Waals surface area contributed by atoms with Gasteiger partial charge in [0.2, 0.25) is 5.91 Å². The molecule has 0 spiro atoms. The Morgan fingerprint density at radius 3 is 2.56 bits per heavy atom. The van der Waals surface area contributed by atoms with E-state index >= 15 is 0 Å². The minimum absolute atomic E-state index is 0.0315. The smallest absolute Gasteiger partial charge is 0.268 e. The van der Waals surface area contributed by atoms with Crippen LogP contribution in [-0.4, -0.2) is 72.3 Å². The molecule has 0 atom stereocenters. The van der Waals surface area contributed by atoms with E-state index in [2.05, 4.69) is 10.2 Å². The molecule has 8 nitrogen and oxygen atoms in total. The number of nitrogens with one attached hydrogen (secondary N) is 1. The van der Waals surface area contributed by atoms with Crippen LogP contribution in [0.3, 0.4) is 0 Å². The predicted molar refractivity (Wildman–Crippen MR) is 124 cm³/mol. The zero-order valence-corrected chi connectivity index (χ0v) is 19.4. The summed E-state index contributed by atoms with van der Waals surface area (Å²) in [6.07, 6.45) is 0.787. The van der Waals surface area contributed by atoms with Gasteiger partial charge in [-0.25, -0.2) is 8.42 Å². The van der Waals surface area contributed by atoms with Crippen molar-refractivity contribution in [3.8, 4) is 5.75 Å². The van der Waals surface area contributed by atoms with Crippen molar-refractivity contribution in [3.63, 3.8) is 0 Å². The molecule has 0 saturated carbocycles. The molecule has 0 radical (unpaired) electrons. The van der Waals surface area contributed by atoms with Crippen molar-refractivity contribution < 1.29 is 22.7 Å². The third-order valence-electron chi connectivity index (χ3n) is 5.30. The van der Waals surface area contributed by atoms with Gasteiger partial charge >= 0.3 is 0 Å². The summed E-state index contributed by atoms with van der Waals surface area (Å²) in [6, 6.07) is 13.6. The Kier molecular flexibility index (Phi) is 8.49. The van der Waals surface area contributed by atoms with Crippen molar-refractivity contribution >= 4 is 21.6 Å². The molecule has 9 heteroatoms. The Morgan fingerprint density at radius 1 is 1.16 bits per heavy atom. The molecular formula is C23H31N3O5S. The van der Waals surface area contributed by atoms with E-state index in [9.17, 15) is 13.2 Å². The highest BCUT2D eigenvalue weighted by atomic mass is 32.2. The molecule has 1 amide bonds. The fourth-order valence-corrected chi connectivity index (χ4v) is 5.22. The van der Waals surface area contributed by atoms with Crippen molar-refractivity contribution in [1.29, 1.82) is 0 Å². The average molecular weight is 462 g/mol. The number of para-hydroxylation sites is 1. The van der Waals surface area contributed by atoms with Gasteiger partial charge in [-0.05, 0) is 49.7 Å². The Hall–Kier alpha value is -2.62. The SMILES string of the molecule is COc1ccc(C)cc1S(=O)(=O)N(CC(=O)NCCCN1CCOCC1)c1ccccc1. The number of sulfonamides is 1. The lowest BCUT2D eigenvalue weighted by atomic mass is 10.2. The van der Waals surface area contributed by atoms with Gasteiger partial charge in [0.1, 0.15) is 17.2 Å². The Labute approximate surface area is 190 Å². The summed E-state index contributed by atoms with van der Waals surface area (Å²) in [6.45, 7) is 6.10. The fourth-order valence-electron chi connectivity index (χ4n) is 3.56. The van der Waals surface area contributed by atoms with Crippen LogP contribution in [0.2, 0.25) is 0 Å². The maximum absolute atomic E-state index is 13.6. The molecule has 3 rings (SSSR count). The number of hydrogen-bond acceptors (Lipinski definition) is 6. The zero-order chi connectivity index (χ0) is 23.0. The normalized spacial score (nSPS) is 14.7. The summed E-state index contributed by atoms with van der Waals surface area (Å²) in [4.78, 5) is 15.0. The molecule has 1 aliphatic heterocycles. The first-order valence-corrected chi connectivity index (χ1v) is 12.1. The second-order valence-electron chi connectivity index (χ2n) is 7.66. The van der Waals surface area contributed by atoms with E-state index in [4.69, 9.17) is 9.47 Å². The van der Waals surface area contributed by atoms with E-state index in [0.29, 0.717) is 12.2 Å². The summed E-state index contributed by atoms with van der Waals surface area (Å²) >= 11 is 0. The number of ether oxygens (including phenoxy) is 2. The van der Waals surface area contributed by atoms with Gasteiger partial charge in [-0.15, -0.1) is 0 Å². The minimum atomic E-state index is -4.04. The van der Waals surface area contributed by atoms with Crippen LogP contribution in [0.4, 0.5) is 5.69 Å². The number of amides is 1. The molecule has 1 aliphatic rings. The van der Waals surface area contributed by atoms with Crippen molar-refractivity contribution in [3.05, 3.63) is 54.1 Å². The number of anilines is 1. The summed E-state index contributed by atoms with van der Waals surface area (Å²) < 4.78 is 38.9. The number of aryl methyl sites for hydroxylation is 1. The fraction of sp³-hybridized carbons (Fsp3) is 0.435. The molecule has 0 aromatic heterocycles. The summed E-state index contributed by atoms with van der Waals surface area (Å²) in [7, 11) is -2.61. The summed E-state index contributed by atoms with van der Waals surface area (Å²) in [5.74, 6) is -0.117. The summed E-state index contributed by atoms with van der Waals surface area (Å²) in [5, 5.41) is 2.85. The van der Waals surface area contributed by atoms with Crippen molar-refractivity contribution in [2.24, 2.45) is 0 Å². The Balaban J connectivity index is 1.72. The number of hydrogen-bond donors (Lipinski definition) is 1. The van der Waals surface area contributed by atoms with Crippen molar-refractivity contribution in [2.45, 2.75) is 18.2 Å². The average Bonchev–Trinajstić information content (AvgIpc) is 2.81. The lowest BCUT2D eigenvalue weighted by Crippen LogP contribution is -2.42. The van der Waals surface area contributed by atoms with Gasteiger partial charge < -0.3 is 14.8 Å². The van der Waals surface area contributed by atoms with Gasteiger partial charge in [0.25, 0.3) is 10.0 Å². The number of morpholine rings is 1. The van der Waals surface area contributed by atoms with E-state index < -0.39 is 10.0 Å². The van der Waals surface area contributed by atoms with Crippen molar-refractivity contribution in [2.75, 3.05) is 57.4 Å². The van der Waals surface area contributed by atoms with Crippen LogP contribution in [0.1, 0.15) is 12.0 Å². The molecule has 0 unspecified atom stereocenters. The number of methoxy groups -OCH3 is 1. The molecule has 1 N–H and O–H groups in total. The van der Waals surface area contributed by atoms with Crippen LogP contribution in [0, 0.1) is 6.92 Å². The van der Waals surface area contributed by atoms with Crippen molar-refractivity contribution in [1.82, 2.24) is 10.2 Å². The van der Waals surface area contributed by atoms with Crippen LogP contribution < -0.4 is 14.4 Å². The second-order valence-corrected chi connectivity index (χ2v) is 9.49. The first kappa shape index (κ1) is 24.0. The second kappa shape index (κ2) is 11.3. The molecular weight excluding hydrogens is 430 g/mol. The molecule has 2 aromatic rings. The largest absolute Gasteiger partial charge is 0.495 e. The molecule has 1 saturated heterocycles. The van der Waals surface area contributed by atoms with Crippen LogP contribution in [0.25, 0.3) is 0 Å². The third kappa shape index (κ3) is 6.21. The van der Waals surface area contributed by atoms with Crippen LogP contribution in [-0.2, 0) is 19.6 Å². The standard InChI is InChI=1S/C23H31N3O5S/c1-19-9-10-21(30-2)22(17-19)32(28,29)26(20-7-4-3-5-8-20)18-23(27)24-11-6-12-25-13-15-31-16-14-25/h3-5,7-10,17H,6,11-16,18H2,1-2H3,(H,24,27). The molecule has 0 aliphatic carbocycles. The topological polar surface area (TPSA) is 88.2 Å². The first-order chi connectivity index (χ1) is 15.4. The Morgan fingerprint density at radius 2 is 1.88 bits per heavy atom.